The molecule has 0 aliphatic carbocycles. The number of rotatable bonds is 2. The van der Waals surface area contributed by atoms with E-state index in [1.165, 1.54) is 13.8 Å². The van der Waals surface area contributed by atoms with Gasteiger partial charge < -0.3 is 47.8 Å². The van der Waals surface area contributed by atoms with Crippen LogP contribution in [0.1, 0.15) is 13.8 Å². The molecule has 0 saturated carbocycles. The average molecular weight is 310 g/mol. The Morgan fingerprint density at radius 2 is 0.778 bits per heavy atom. The molecule has 0 aromatic carbocycles. The molecule has 0 spiro atoms. The molecule has 0 aromatic heterocycles. The number of carbonyl (C=O) groups is 2. The predicted octanol–water partition coefficient (Wildman–Crippen LogP) is -5.60. The Bertz CT molecular complexity index is 142. The number of carboxylic acid groups (broad SMARTS) is 2. The fraction of sp³-hybridized carbons (Fsp3) is 0.667. The van der Waals surface area contributed by atoms with Crippen LogP contribution in [0.3, 0.4) is 0 Å². The van der Waals surface area contributed by atoms with Gasteiger partial charge in [0.05, 0.1) is 0 Å². The first-order valence-electron chi connectivity index (χ1n) is 3.10. The van der Waals surface area contributed by atoms with E-state index < -0.39 is 24.1 Å². The maximum absolute atomic E-state index is 9.45. The number of carboxylic acids is 2. The van der Waals surface area contributed by atoms with Gasteiger partial charge in [0.1, 0.15) is 12.2 Å². The third-order valence-corrected chi connectivity index (χ3v) is 0.715. The fourth-order valence-corrected chi connectivity index (χ4v) is 0. The molecule has 0 aliphatic rings. The smallest absolute Gasteiger partial charge is 0.332 e. The van der Waals surface area contributed by atoms with Crippen LogP contribution in [0.2, 0.25) is 0 Å². The Kier molecular flexibility index (Phi) is 87.4. The van der Waals surface area contributed by atoms with E-state index >= 15 is 0 Å². The van der Waals surface area contributed by atoms with Gasteiger partial charge in [-0.25, -0.2) is 9.59 Å². The second-order valence-corrected chi connectivity index (χ2v) is 2.03. The van der Waals surface area contributed by atoms with Gasteiger partial charge in [-0.1, -0.05) is 0 Å². The zero-order valence-electron chi connectivity index (χ0n) is 9.97. The molecule has 0 heterocycles. The van der Waals surface area contributed by atoms with Crippen LogP contribution in [-0.2, 0) is 9.59 Å². The Labute approximate surface area is 133 Å². The first-order chi connectivity index (χ1) is 5.29. The molecular formula is C6H22CaO11. The molecule has 2 atom stereocenters. The van der Waals surface area contributed by atoms with Crippen LogP contribution < -0.4 is 0 Å². The average Bonchev–Trinajstić information content (AvgIpc) is 1.88. The molecule has 0 amide bonds. The Balaban J connectivity index is -0.0000000139. The van der Waals surface area contributed by atoms with Crippen molar-refractivity contribution < 1.29 is 57.4 Å². The number of aliphatic hydroxyl groups is 2. The van der Waals surface area contributed by atoms with Crippen molar-refractivity contribution in [1.29, 1.82) is 0 Å². The molecule has 114 valence electrons. The van der Waals surface area contributed by atoms with Gasteiger partial charge in [0.25, 0.3) is 0 Å². The minimum Gasteiger partial charge on any atom is -0.479 e. The molecule has 0 aromatic rings. The Morgan fingerprint density at radius 3 is 0.778 bits per heavy atom. The molecule has 0 aliphatic heterocycles. The summed E-state index contributed by atoms with van der Waals surface area (Å²) >= 11 is 0. The van der Waals surface area contributed by atoms with E-state index in [1.807, 2.05) is 0 Å². The Hall–Kier alpha value is -0.0803. The molecule has 12 heteroatoms. The largest absolute Gasteiger partial charge is 0.479 e. The minimum absolute atomic E-state index is 0. The van der Waals surface area contributed by atoms with E-state index in [2.05, 4.69) is 0 Å². The molecule has 2 unspecified atom stereocenters. The Morgan fingerprint density at radius 1 is 0.722 bits per heavy atom. The fourth-order valence-electron chi connectivity index (χ4n) is 0. The van der Waals surface area contributed by atoms with Crippen LogP contribution in [0.5, 0.6) is 0 Å². The molecule has 0 fully saturated rings. The van der Waals surface area contributed by atoms with Crippen LogP contribution in [0.4, 0.5) is 0 Å². The van der Waals surface area contributed by atoms with Gasteiger partial charge in [0, 0.05) is 37.7 Å². The zero-order chi connectivity index (χ0) is 10.3. The van der Waals surface area contributed by atoms with Gasteiger partial charge in [-0.05, 0) is 13.8 Å². The van der Waals surface area contributed by atoms with Crippen molar-refractivity contribution in [2.75, 3.05) is 0 Å². The number of aliphatic hydroxyl groups excluding tert-OH is 2. The van der Waals surface area contributed by atoms with Crippen molar-refractivity contribution in [2.45, 2.75) is 26.1 Å². The second kappa shape index (κ2) is 30.2. The molecule has 0 bridgehead atoms. The summed E-state index contributed by atoms with van der Waals surface area (Å²) in [7, 11) is 0. The van der Waals surface area contributed by atoms with Crippen LogP contribution in [-0.4, -0.2) is 110 Å². The number of aliphatic carboxylic acids is 2. The van der Waals surface area contributed by atoms with Crippen molar-refractivity contribution >= 4 is 49.7 Å². The van der Waals surface area contributed by atoms with E-state index in [0.29, 0.717) is 0 Å². The van der Waals surface area contributed by atoms with Crippen molar-refractivity contribution in [3.63, 3.8) is 0 Å². The van der Waals surface area contributed by atoms with Gasteiger partial charge in [-0.15, -0.1) is 0 Å². The third-order valence-electron chi connectivity index (χ3n) is 0.715. The summed E-state index contributed by atoms with van der Waals surface area (Å²) in [6.07, 6.45) is -2.46. The van der Waals surface area contributed by atoms with E-state index in [0.717, 1.165) is 0 Å². The third kappa shape index (κ3) is 56.5. The van der Waals surface area contributed by atoms with E-state index in [4.69, 9.17) is 20.4 Å². The summed E-state index contributed by atoms with van der Waals surface area (Å²) in [5.74, 6) is -2.37. The number of hydrogen-bond donors (Lipinski definition) is 4. The summed E-state index contributed by atoms with van der Waals surface area (Å²) in [5, 5.41) is 31.5. The summed E-state index contributed by atoms with van der Waals surface area (Å²) in [5.41, 5.74) is 0. The molecule has 18 heavy (non-hydrogen) atoms. The standard InChI is InChI=1S/2C3H6O3.Ca.5H2O/c2*1-2(4)3(5)6;;;;;;/h2*2,4H,1H3,(H,5,6);;5*1H2. The van der Waals surface area contributed by atoms with Crippen molar-refractivity contribution in [1.82, 2.24) is 0 Å². The monoisotopic (exact) mass is 310 g/mol. The van der Waals surface area contributed by atoms with Crippen molar-refractivity contribution in [3.05, 3.63) is 0 Å². The van der Waals surface area contributed by atoms with Crippen LogP contribution >= 0.6 is 0 Å². The molecule has 0 rings (SSSR count). The van der Waals surface area contributed by atoms with Gasteiger partial charge in [-0.3, -0.25) is 0 Å². The van der Waals surface area contributed by atoms with Gasteiger partial charge in [0.15, 0.2) is 0 Å². The minimum atomic E-state index is -1.23. The molecule has 0 saturated heterocycles. The van der Waals surface area contributed by atoms with Crippen molar-refractivity contribution in [2.24, 2.45) is 0 Å². The summed E-state index contributed by atoms with van der Waals surface area (Å²) in [6.45, 7) is 2.39. The van der Waals surface area contributed by atoms with Gasteiger partial charge in [-0.2, -0.15) is 0 Å². The molecular weight excluding hydrogens is 288 g/mol. The zero-order valence-corrected chi connectivity index (χ0v) is 12.2. The summed E-state index contributed by atoms with van der Waals surface area (Å²) in [6, 6.07) is 0. The molecule has 11 nitrogen and oxygen atoms in total. The normalized spacial score (nSPS) is 9.11. The topological polar surface area (TPSA) is 273 Å². The van der Waals surface area contributed by atoms with Crippen LogP contribution in [0.15, 0.2) is 0 Å². The van der Waals surface area contributed by atoms with Crippen molar-refractivity contribution in [3.8, 4) is 0 Å². The first-order valence-corrected chi connectivity index (χ1v) is 3.10. The van der Waals surface area contributed by atoms with Gasteiger partial charge in [0.2, 0.25) is 0 Å². The predicted molar refractivity (Wildman–Crippen MR) is 62.5 cm³/mol. The van der Waals surface area contributed by atoms with Crippen LogP contribution in [0, 0.1) is 0 Å². The quantitative estimate of drug-likeness (QED) is 0.360. The maximum atomic E-state index is 9.45. The molecule has 14 N–H and O–H groups in total. The summed E-state index contributed by atoms with van der Waals surface area (Å²) in [4.78, 5) is 18.9. The first kappa shape index (κ1) is 52.1. The van der Waals surface area contributed by atoms with E-state index in [9.17, 15) is 9.59 Å². The van der Waals surface area contributed by atoms with Crippen LogP contribution in [0.25, 0.3) is 0 Å². The van der Waals surface area contributed by atoms with Gasteiger partial charge >= 0.3 is 11.9 Å². The van der Waals surface area contributed by atoms with E-state index in [-0.39, 0.29) is 65.1 Å². The SMILES string of the molecule is CC(O)C(=O)O.CC(O)C(=O)O.O.O.O.O.O.[Ca]. The summed E-state index contributed by atoms with van der Waals surface area (Å²) < 4.78 is 0. The molecule has 2 radical (unpaired) electrons. The maximum Gasteiger partial charge on any atom is 0.332 e. The second-order valence-electron chi connectivity index (χ2n) is 2.03. The van der Waals surface area contributed by atoms with E-state index in [1.54, 1.807) is 0 Å². The number of hydrogen-bond acceptors (Lipinski definition) is 4.